The number of aromatic nitrogens is 5. The van der Waals surface area contributed by atoms with E-state index in [0.29, 0.717) is 22.4 Å². The van der Waals surface area contributed by atoms with Gasteiger partial charge in [0.25, 0.3) is 0 Å². The molecule has 10 nitrogen and oxygen atoms in total. The van der Waals surface area contributed by atoms with E-state index in [1.165, 1.54) is 25.4 Å². The van der Waals surface area contributed by atoms with Crippen LogP contribution in [0.1, 0.15) is 0 Å². The molecule has 34 heavy (non-hydrogen) atoms. The van der Waals surface area contributed by atoms with Crippen LogP contribution in [0.3, 0.4) is 0 Å². The predicted octanol–water partition coefficient (Wildman–Crippen LogP) is 3.45. The first-order valence-electron chi connectivity index (χ1n) is 9.99. The highest BCUT2D eigenvalue weighted by Crippen LogP contribution is 2.31. The zero-order valence-electron chi connectivity index (χ0n) is 17.9. The second kappa shape index (κ2) is 10.0. The van der Waals surface area contributed by atoms with E-state index in [9.17, 15) is 13.6 Å². The van der Waals surface area contributed by atoms with Crippen LogP contribution in [0.2, 0.25) is 0 Å². The molecule has 0 spiro atoms. The number of nitrogens with one attached hydrogen (secondary N) is 1. The lowest BCUT2D eigenvalue weighted by atomic mass is 10.0. The van der Waals surface area contributed by atoms with Gasteiger partial charge in [0, 0.05) is 24.6 Å². The lowest BCUT2D eigenvalue weighted by Gasteiger charge is -2.11. The maximum Gasteiger partial charge on any atom is 0.411 e. The van der Waals surface area contributed by atoms with E-state index in [0.717, 1.165) is 10.7 Å². The first-order chi connectivity index (χ1) is 16.5. The summed E-state index contributed by atoms with van der Waals surface area (Å²) in [7, 11) is 1.51. The van der Waals surface area contributed by atoms with Crippen molar-refractivity contribution in [1.82, 2.24) is 25.2 Å². The number of halogens is 2. The van der Waals surface area contributed by atoms with Crippen LogP contribution in [-0.4, -0.2) is 51.6 Å². The molecule has 0 saturated carbocycles. The zero-order chi connectivity index (χ0) is 24.1. The van der Waals surface area contributed by atoms with Gasteiger partial charge in [0.05, 0.1) is 12.2 Å². The monoisotopic (exact) mass is 467 g/mol. The van der Waals surface area contributed by atoms with E-state index < -0.39 is 17.7 Å². The van der Waals surface area contributed by atoms with Crippen molar-refractivity contribution in [3.05, 3.63) is 66.4 Å². The molecule has 2 aromatic carbocycles. The predicted molar refractivity (Wildman–Crippen MR) is 119 cm³/mol. The van der Waals surface area contributed by atoms with Crippen LogP contribution in [0.4, 0.5) is 25.1 Å². The van der Waals surface area contributed by atoms with Gasteiger partial charge in [-0.2, -0.15) is 4.68 Å². The van der Waals surface area contributed by atoms with Crippen molar-refractivity contribution in [2.24, 2.45) is 0 Å². The molecule has 4 aromatic rings. The minimum Gasteiger partial charge on any atom is -0.447 e. The summed E-state index contributed by atoms with van der Waals surface area (Å²) in [6, 6.07) is 12.3. The third-order valence-electron chi connectivity index (χ3n) is 4.75. The molecular formula is C22H19F2N7O3. The number of rotatable bonds is 7. The second-order valence-electron chi connectivity index (χ2n) is 6.98. The number of methoxy groups -OCH3 is 1. The number of nitrogens with zero attached hydrogens (tertiary/aromatic N) is 5. The van der Waals surface area contributed by atoms with E-state index in [1.54, 1.807) is 30.3 Å². The van der Waals surface area contributed by atoms with E-state index in [4.69, 9.17) is 15.2 Å². The number of tetrazole rings is 1. The Morgan fingerprint density at radius 3 is 2.76 bits per heavy atom. The Kier molecular flexibility index (Phi) is 6.69. The van der Waals surface area contributed by atoms with Crippen LogP contribution in [0.5, 0.6) is 0 Å². The maximum atomic E-state index is 14.4. The largest absolute Gasteiger partial charge is 0.447 e. The summed E-state index contributed by atoms with van der Waals surface area (Å²) in [6.45, 7) is 0.403. The Hall–Kier alpha value is -4.45. The maximum absolute atomic E-state index is 14.4. The first kappa shape index (κ1) is 22.7. The summed E-state index contributed by atoms with van der Waals surface area (Å²) in [5.74, 6) is -1.97. The molecule has 174 valence electrons. The van der Waals surface area contributed by atoms with Gasteiger partial charge in [-0.3, -0.25) is 5.32 Å². The lowest BCUT2D eigenvalue weighted by Crippen LogP contribution is -2.16. The number of pyridine rings is 1. The fourth-order valence-corrected chi connectivity index (χ4v) is 3.13. The van der Waals surface area contributed by atoms with Gasteiger partial charge in [-0.05, 0) is 46.3 Å². The summed E-state index contributed by atoms with van der Waals surface area (Å²) in [6.07, 6.45) is 0.910. The average Bonchev–Trinajstić information content (AvgIpc) is 3.31. The Morgan fingerprint density at radius 2 is 1.94 bits per heavy atom. The number of amides is 1. The summed E-state index contributed by atoms with van der Waals surface area (Å²) >= 11 is 0. The molecule has 0 bridgehead atoms. The van der Waals surface area contributed by atoms with Gasteiger partial charge in [0.15, 0.2) is 17.5 Å². The molecule has 0 aliphatic carbocycles. The van der Waals surface area contributed by atoms with Crippen molar-refractivity contribution in [2.75, 3.05) is 31.4 Å². The van der Waals surface area contributed by atoms with E-state index >= 15 is 0 Å². The molecule has 3 N–H and O–H groups in total. The molecular weight excluding hydrogens is 448 g/mol. The lowest BCUT2D eigenvalue weighted by molar-refractivity contribution is 0.107. The van der Waals surface area contributed by atoms with Gasteiger partial charge < -0.3 is 15.2 Å². The van der Waals surface area contributed by atoms with Gasteiger partial charge in [0.2, 0.25) is 0 Å². The summed E-state index contributed by atoms with van der Waals surface area (Å²) in [5, 5.41) is 13.9. The minimum absolute atomic E-state index is 0.0763. The molecule has 0 unspecified atom stereocenters. The number of ether oxygens (including phenoxy) is 2. The van der Waals surface area contributed by atoms with Gasteiger partial charge in [-0.15, -0.1) is 5.10 Å². The van der Waals surface area contributed by atoms with Crippen LogP contribution in [0, 0.1) is 11.6 Å². The van der Waals surface area contributed by atoms with Gasteiger partial charge in [-0.25, -0.2) is 18.6 Å². The Morgan fingerprint density at radius 1 is 1.12 bits per heavy atom. The average molecular weight is 467 g/mol. The Balaban J connectivity index is 1.66. The van der Waals surface area contributed by atoms with E-state index in [1.807, 2.05) is 0 Å². The zero-order valence-corrected chi connectivity index (χ0v) is 17.9. The molecule has 0 aliphatic heterocycles. The van der Waals surface area contributed by atoms with Crippen molar-refractivity contribution in [3.63, 3.8) is 0 Å². The molecule has 12 heteroatoms. The topological polar surface area (TPSA) is 130 Å². The number of benzene rings is 2. The quantitative estimate of drug-likeness (QED) is 0.395. The van der Waals surface area contributed by atoms with Crippen molar-refractivity contribution >= 4 is 17.6 Å². The highest BCUT2D eigenvalue weighted by Gasteiger charge is 2.19. The third-order valence-corrected chi connectivity index (χ3v) is 4.75. The Bertz CT molecular complexity index is 1330. The van der Waals surface area contributed by atoms with Crippen LogP contribution in [-0.2, 0) is 9.47 Å². The van der Waals surface area contributed by atoms with Crippen LogP contribution in [0.15, 0.2) is 54.7 Å². The van der Waals surface area contributed by atoms with E-state index in [-0.39, 0.29) is 30.5 Å². The molecule has 0 fully saturated rings. The molecule has 1 amide bonds. The highest BCUT2D eigenvalue weighted by atomic mass is 19.2. The molecule has 0 radical (unpaired) electrons. The van der Waals surface area contributed by atoms with Crippen molar-refractivity contribution in [2.45, 2.75) is 0 Å². The number of carbonyl (C=O) groups is 1. The summed E-state index contributed by atoms with van der Waals surface area (Å²) < 4.78 is 39.0. The molecule has 4 rings (SSSR count). The van der Waals surface area contributed by atoms with Crippen LogP contribution in [0.25, 0.3) is 28.2 Å². The van der Waals surface area contributed by atoms with Crippen LogP contribution < -0.4 is 11.1 Å². The fourth-order valence-electron chi connectivity index (χ4n) is 3.13. The number of hydrogen-bond acceptors (Lipinski definition) is 8. The van der Waals surface area contributed by atoms with Crippen molar-refractivity contribution in [3.8, 4) is 28.2 Å². The molecule has 0 aliphatic rings. The van der Waals surface area contributed by atoms with Crippen molar-refractivity contribution < 1.29 is 23.0 Å². The van der Waals surface area contributed by atoms with Gasteiger partial charge in [0.1, 0.15) is 18.1 Å². The van der Waals surface area contributed by atoms with Crippen molar-refractivity contribution in [1.29, 1.82) is 0 Å². The molecule has 2 aromatic heterocycles. The molecule has 0 atom stereocenters. The minimum atomic E-state index is -1.10. The molecule has 2 heterocycles. The number of hydrogen-bond donors (Lipinski definition) is 2. The summed E-state index contributed by atoms with van der Waals surface area (Å²) in [4.78, 5) is 16.1. The highest BCUT2D eigenvalue weighted by molar-refractivity contribution is 5.86. The van der Waals surface area contributed by atoms with E-state index in [2.05, 4.69) is 25.8 Å². The van der Waals surface area contributed by atoms with Gasteiger partial charge in [-0.1, -0.05) is 18.2 Å². The Labute approximate surface area is 192 Å². The normalized spacial score (nSPS) is 10.8. The smallest absolute Gasteiger partial charge is 0.411 e. The standard InChI is InChI=1S/C22H19F2N7O3/c1-33-8-9-34-22(32)27-15-5-2-4-13(10-15)14-11-16(20(25)26-12-14)21-28-29-30-31(21)18-7-3-6-17(23)19(18)24/h2-7,10-12H,8-9H2,1H3,(H2,25,26)(H,27,32). The summed E-state index contributed by atoms with van der Waals surface area (Å²) in [5.41, 5.74) is 7.99. The van der Waals surface area contributed by atoms with Gasteiger partial charge >= 0.3 is 6.09 Å². The number of anilines is 2. The SMILES string of the molecule is COCCOC(=O)Nc1cccc(-c2cnc(N)c(-c3nnnn3-c3cccc(F)c3F)c2)c1. The molecule has 0 saturated heterocycles. The van der Waals surface area contributed by atoms with Crippen LogP contribution >= 0.6 is 0 Å². The number of nitrogens with two attached hydrogens (primary N) is 1. The first-order valence-corrected chi connectivity index (χ1v) is 9.99. The fraction of sp³-hybridized carbons (Fsp3) is 0.136. The second-order valence-corrected chi connectivity index (χ2v) is 6.98. The third kappa shape index (κ3) is 4.81. The number of carbonyl (C=O) groups excluding carboxylic acids is 1. The number of nitrogen functional groups attached to an aromatic ring is 1.